The van der Waals surface area contributed by atoms with Gasteiger partial charge in [0.1, 0.15) is 0 Å². The quantitative estimate of drug-likeness (QED) is 0.441. The van der Waals surface area contributed by atoms with Crippen LogP contribution in [0, 0.1) is 13.8 Å². The second kappa shape index (κ2) is 8.55. The van der Waals surface area contributed by atoms with Gasteiger partial charge in [-0.25, -0.2) is 0 Å². The molecule has 0 spiro atoms. The van der Waals surface area contributed by atoms with E-state index < -0.39 is 0 Å². The van der Waals surface area contributed by atoms with Gasteiger partial charge in [0, 0.05) is 30.0 Å². The molecular formula is C26H25N5S. The number of rotatable bonds is 5. The molecule has 0 aliphatic carbocycles. The summed E-state index contributed by atoms with van der Waals surface area (Å²) >= 11 is 5.82. The van der Waals surface area contributed by atoms with Crippen molar-refractivity contribution in [3.05, 3.63) is 114 Å². The second-order valence-corrected chi connectivity index (χ2v) is 8.53. The fraction of sp³-hybridized carbons (Fsp3) is 0.192. The molecule has 1 fully saturated rings. The number of aromatic nitrogens is 3. The van der Waals surface area contributed by atoms with Crippen molar-refractivity contribution in [3.63, 3.8) is 0 Å². The summed E-state index contributed by atoms with van der Waals surface area (Å²) in [6.07, 6.45) is 5.78. The van der Waals surface area contributed by atoms with Gasteiger partial charge in [0.2, 0.25) is 0 Å². The normalized spacial score (nSPS) is 18.1. The molecule has 32 heavy (non-hydrogen) atoms. The van der Waals surface area contributed by atoms with E-state index in [2.05, 4.69) is 81.2 Å². The molecule has 1 N–H and O–H groups in total. The molecule has 1 aliphatic rings. The number of nitrogens with one attached hydrogen (secondary N) is 1. The minimum atomic E-state index is -0.0624. The minimum absolute atomic E-state index is 0.0315. The monoisotopic (exact) mass is 439 g/mol. The molecule has 0 unspecified atom stereocenters. The molecule has 1 aromatic carbocycles. The average Bonchev–Trinajstić information content (AvgIpc) is 3.42. The first-order valence-electron chi connectivity index (χ1n) is 10.7. The molecule has 0 bridgehead atoms. The smallest absolute Gasteiger partial charge is 0.170 e. The largest absolute Gasteiger partial charge is 0.352 e. The van der Waals surface area contributed by atoms with Crippen molar-refractivity contribution in [1.29, 1.82) is 0 Å². The number of benzene rings is 1. The van der Waals surface area contributed by atoms with Crippen LogP contribution >= 0.6 is 12.2 Å². The molecule has 6 heteroatoms. The number of nitrogens with zero attached hydrogens (tertiary/aromatic N) is 4. The van der Waals surface area contributed by atoms with Crippen LogP contribution in [0.3, 0.4) is 0 Å². The van der Waals surface area contributed by atoms with E-state index in [-0.39, 0.29) is 12.1 Å². The van der Waals surface area contributed by atoms with Crippen molar-refractivity contribution < 1.29 is 0 Å². The first kappa shape index (κ1) is 20.4. The van der Waals surface area contributed by atoms with Crippen molar-refractivity contribution in [2.75, 3.05) is 0 Å². The van der Waals surface area contributed by atoms with Crippen LogP contribution < -0.4 is 5.32 Å². The Morgan fingerprint density at radius 1 is 0.906 bits per heavy atom. The Morgan fingerprint density at radius 2 is 1.72 bits per heavy atom. The molecule has 2 atom stereocenters. The summed E-state index contributed by atoms with van der Waals surface area (Å²) in [5, 5.41) is 4.24. The van der Waals surface area contributed by atoms with E-state index in [0.717, 1.165) is 22.8 Å². The fourth-order valence-corrected chi connectivity index (χ4v) is 4.61. The SMILES string of the molecule is Cc1ccc(-n2cccc2[C@H]2[C@@H](c3ccccn3)NC(=S)N2Cc2ccccn2)cc1C. The molecule has 0 saturated carbocycles. The number of hydrogen-bond acceptors (Lipinski definition) is 3. The van der Waals surface area contributed by atoms with Crippen LogP contribution in [0.2, 0.25) is 0 Å². The third kappa shape index (κ3) is 3.78. The highest BCUT2D eigenvalue weighted by Crippen LogP contribution is 2.40. The molecule has 5 rings (SSSR count). The van der Waals surface area contributed by atoms with E-state index in [4.69, 9.17) is 12.2 Å². The van der Waals surface area contributed by atoms with Crippen molar-refractivity contribution in [2.24, 2.45) is 0 Å². The summed E-state index contributed by atoms with van der Waals surface area (Å²) in [5.74, 6) is 0. The summed E-state index contributed by atoms with van der Waals surface area (Å²) < 4.78 is 2.26. The number of thiocarbonyl (C=S) groups is 1. The molecule has 4 aromatic rings. The van der Waals surface area contributed by atoms with E-state index in [0.29, 0.717) is 11.7 Å². The third-order valence-electron chi connectivity index (χ3n) is 6.11. The lowest BCUT2D eigenvalue weighted by Crippen LogP contribution is -2.30. The zero-order valence-corrected chi connectivity index (χ0v) is 19.0. The van der Waals surface area contributed by atoms with Crippen LogP contribution in [0.4, 0.5) is 0 Å². The number of pyridine rings is 2. The maximum atomic E-state index is 5.82. The third-order valence-corrected chi connectivity index (χ3v) is 6.46. The van der Waals surface area contributed by atoms with E-state index in [1.165, 1.54) is 11.1 Å². The minimum Gasteiger partial charge on any atom is -0.352 e. The molecular weight excluding hydrogens is 414 g/mol. The molecule has 3 aromatic heterocycles. The summed E-state index contributed by atoms with van der Waals surface area (Å²) in [7, 11) is 0. The maximum absolute atomic E-state index is 5.82. The van der Waals surface area contributed by atoms with Crippen LogP contribution in [-0.4, -0.2) is 24.5 Å². The second-order valence-electron chi connectivity index (χ2n) is 8.15. The molecule has 1 saturated heterocycles. The van der Waals surface area contributed by atoms with E-state index >= 15 is 0 Å². The molecule has 160 valence electrons. The molecule has 1 aliphatic heterocycles. The number of aryl methyl sites for hydroxylation is 2. The topological polar surface area (TPSA) is 46.0 Å². The van der Waals surface area contributed by atoms with Gasteiger partial charge in [-0.05, 0) is 85.7 Å². The van der Waals surface area contributed by atoms with Crippen LogP contribution in [0.25, 0.3) is 5.69 Å². The summed E-state index contributed by atoms with van der Waals surface area (Å²) in [6.45, 7) is 4.91. The lowest BCUT2D eigenvalue weighted by molar-refractivity contribution is 0.299. The first-order chi connectivity index (χ1) is 15.6. The van der Waals surface area contributed by atoms with Crippen LogP contribution in [0.1, 0.15) is 40.3 Å². The Bertz CT molecular complexity index is 1240. The highest BCUT2D eigenvalue weighted by atomic mass is 32.1. The predicted octanol–water partition coefficient (Wildman–Crippen LogP) is 5.06. The lowest BCUT2D eigenvalue weighted by Gasteiger charge is -2.28. The Hall–Kier alpha value is -3.51. The van der Waals surface area contributed by atoms with E-state index in [1.54, 1.807) is 0 Å². The van der Waals surface area contributed by atoms with Crippen molar-refractivity contribution >= 4 is 17.3 Å². The maximum Gasteiger partial charge on any atom is 0.170 e. The Morgan fingerprint density at radius 3 is 2.44 bits per heavy atom. The van der Waals surface area contributed by atoms with Gasteiger partial charge >= 0.3 is 0 Å². The van der Waals surface area contributed by atoms with Crippen LogP contribution in [0.15, 0.2) is 85.3 Å². The lowest BCUT2D eigenvalue weighted by atomic mass is 10.0. The number of hydrogen-bond donors (Lipinski definition) is 1. The zero-order valence-electron chi connectivity index (χ0n) is 18.1. The average molecular weight is 440 g/mol. The summed E-state index contributed by atoms with van der Waals surface area (Å²) in [4.78, 5) is 11.4. The summed E-state index contributed by atoms with van der Waals surface area (Å²) in [6, 6.07) is 22.8. The van der Waals surface area contributed by atoms with E-state index in [1.807, 2.05) is 42.7 Å². The molecule has 4 heterocycles. The molecule has 0 amide bonds. The standard InChI is InChI=1S/C26H25N5S/c1-18-11-12-21(16-19(18)2)30-15-7-10-23(30)25-24(22-9-4-6-14-28-22)29-26(32)31(25)17-20-8-3-5-13-27-20/h3-16,24-25H,17H2,1-2H3,(H,29,32)/t24-,25+/m1/s1. The fourth-order valence-electron chi connectivity index (χ4n) is 4.31. The van der Waals surface area contributed by atoms with Crippen molar-refractivity contribution in [3.8, 4) is 5.69 Å². The van der Waals surface area contributed by atoms with Gasteiger partial charge in [0.05, 0.1) is 30.0 Å². The Balaban J connectivity index is 1.61. The van der Waals surface area contributed by atoms with Crippen LogP contribution in [-0.2, 0) is 6.54 Å². The van der Waals surface area contributed by atoms with Crippen LogP contribution in [0.5, 0.6) is 0 Å². The highest BCUT2D eigenvalue weighted by molar-refractivity contribution is 7.80. The van der Waals surface area contributed by atoms with Crippen molar-refractivity contribution in [2.45, 2.75) is 32.5 Å². The summed E-state index contributed by atoms with van der Waals surface area (Å²) in [5.41, 5.74) is 6.81. The van der Waals surface area contributed by atoms with Gasteiger partial charge < -0.3 is 14.8 Å². The highest BCUT2D eigenvalue weighted by Gasteiger charge is 2.41. The molecule has 0 radical (unpaired) electrons. The van der Waals surface area contributed by atoms with Gasteiger partial charge in [0.15, 0.2) is 5.11 Å². The molecule has 5 nitrogen and oxygen atoms in total. The Kier molecular flexibility index (Phi) is 5.45. The zero-order chi connectivity index (χ0) is 22.1. The van der Waals surface area contributed by atoms with Crippen molar-refractivity contribution in [1.82, 2.24) is 24.8 Å². The van der Waals surface area contributed by atoms with Gasteiger partial charge in [0.25, 0.3) is 0 Å². The first-order valence-corrected chi connectivity index (χ1v) is 11.2. The Labute approximate surface area is 193 Å². The van der Waals surface area contributed by atoms with Gasteiger partial charge in [-0.1, -0.05) is 18.2 Å². The van der Waals surface area contributed by atoms with Gasteiger partial charge in [-0.15, -0.1) is 0 Å². The van der Waals surface area contributed by atoms with Gasteiger partial charge in [-0.3, -0.25) is 9.97 Å². The van der Waals surface area contributed by atoms with Gasteiger partial charge in [-0.2, -0.15) is 0 Å². The van der Waals surface area contributed by atoms with E-state index in [9.17, 15) is 0 Å². The predicted molar refractivity (Wildman–Crippen MR) is 130 cm³/mol.